The number of hydrogen-bond donors (Lipinski definition) is 2. The molecular weight excluding hydrogens is 208 g/mol. The highest BCUT2D eigenvalue weighted by molar-refractivity contribution is 5.94. The second-order valence-corrected chi connectivity index (χ2v) is 3.68. The zero-order chi connectivity index (χ0) is 11.5. The minimum absolute atomic E-state index is 0.150. The molecule has 16 heavy (non-hydrogen) atoms. The third-order valence-electron chi connectivity index (χ3n) is 2.64. The normalized spacial score (nSPS) is 16.1. The fourth-order valence-electron chi connectivity index (χ4n) is 1.76. The first-order valence-electron chi connectivity index (χ1n) is 5.14. The van der Waals surface area contributed by atoms with Crippen LogP contribution < -0.4 is 10.6 Å². The maximum absolute atomic E-state index is 10.8. The van der Waals surface area contributed by atoms with Gasteiger partial charge in [-0.3, -0.25) is 0 Å². The van der Waals surface area contributed by atoms with Crippen molar-refractivity contribution in [2.24, 2.45) is 0 Å². The number of benzene rings is 1. The van der Waals surface area contributed by atoms with Gasteiger partial charge in [-0.15, -0.1) is 0 Å². The number of carbonyl (C=O) groups is 1. The maximum atomic E-state index is 10.8. The van der Waals surface area contributed by atoms with Crippen LogP contribution in [0.25, 0.3) is 0 Å². The molecule has 0 amide bonds. The molecule has 86 valence electrons. The molecule has 0 radical (unpaired) electrons. The first-order chi connectivity index (χ1) is 7.68. The molecule has 0 spiro atoms. The van der Waals surface area contributed by atoms with Crippen molar-refractivity contribution in [1.29, 1.82) is 0 Å². The van der Waals surface area contributed by atoms with E-state index >= 15 is 0 Å². The van der Waals surface area contributed by atoms with E-state index in [0.29, 0.717) is 18.9 Å². The summed E-state index contributed by atoms with van der Waals surface area (Å²) in [6.07, 6.45) is 0. The lowest BCUT2D eigenvalue weighted by Gasteiger charge is -2.29. The number of anilines is 2. The van der Waals surface area contributed by atoms with Crippen LogP contribution in [0.3, 0.4) is 0 Å². The smallest absolute Gasteiger partial charge is 0.337 e. The Labute approximate surface area is 93.4 Å². The van der Waals surface area contributed by atoms with Crippen LogP contribution in [0, 0.1) is 0 Å². The van der Waals surface area contributed by atoms with Gasteiger partial charge in [-0.2, -0.15) is 0 Å². The van der Waals surface area contributed by atoms with Crippen LogP contribution in [0.15, 0.2) is 18.2 Å². The van der Waals surface area contributed by atoms with Gasteiger partial charge in [0, 0.05) is 24.5 Å². The zero-order valence-corrected chi connectivity index (χ0v) is 8.85. The van der Waals surface area contributed by atoms with Crippen LogP contribution in [0.5, 0.6) is 0 Å². The third-order valence-corrected chi connectivity index (χ3v) is 2.64. The summed E-state index contributed by atoms with van der Waals surface area (Å²) in [5.74, 6) is -0.994. The van der Waals surface area contributed by atoms with Crippen molar-refractivity contribution < 1.29 is 14.6 Å². The number of ether oxygens (including phenoxy) is 1. The lowest BCUT2D eigenvalue weighted by molar-refractivity contribution is 0.0698. The molecule has 0 atom stereocenters. The number of nitrogens with two attached hydrogens (primary N) is 1. The van der Waals surface area contributed by atoms with Gasteiger partial charge in [-0.05, 0) is 18.2 Å². The van der Waals surface area contributed by atoms with Crippen molar-refractivity contribution in [2.45, 2.75) is 0 Å². The number of carboxylic acid groups (broad SMARTS) is 1. The Hall–Kier alpha value is -1.75. The Morgan fingerprint density at radius 3 is 2.62 bits per heavy atom. The average Bonchev–Trinajstić information content (AvgIpc) is 2.29. The van der Waals surface area contributed by atoms with E-state index in [4.69, 9.17) is 15.6 Å². The average molecular weight is 222 g/mol. The molecule has 1 aliphatic rings. The van der Waals surface area contributed by atoms with E-state index in [1.54, 1.807) is 18.2 Å². The Kier molecular flexibility index (Phi) is 2.96. The number of aromatic carboxylic acids is 1. The molecular formula is C11H14N2O3. The number of morpholine rings is 1. The van der Waals surface area contributed by atoms with E-state index in [-0.39, 0.29) is 5.56 Å². The molecule has 1 aliphatic heterocycles. The lowest BCUT2D eigenvalue weighted by atomic mass is 10.1. The Bertz CT molecular complexity index is 400. The van der Waals surface area contributed by atoms with Gasteiger partial charge in [0.05, 0.1) is 18.8 Å². The second-order valence-electron chi connectivity index (χ2n) is 3.68. The number of nitrogens with zero attached hydrogens (tertiary/aromatic N) is 1. The largest absolute Gasteiger partial charge is 0.478 e. The molecule has 0 aromatic heterocycles. The van der Waals surface area contributed by atoms with E-state index in [9.17, 15) is 4.79 Å². The van der Waals surface area contributed by atoms with Crippen LogP contribution in [-0.4, -0.2) is 37.4 Å². The number of carboxylic acids is 1. The monoisotopic (exact) mass is 222 g/mol. The van der Waals surface area contributed by atoms with Crippen molar-refractivity contribution in [3.63, 3.8) is 0 Å². The molecule has 1 aromatic carbocycles. The summed E-state index contributed by atoms with van der Waals surface area (Å²) in [6.45, 7) is 3.01. The Morgan fingerprint density at radius 1 is 1.38 bits per heavy atom. The lowest BCUT2D eigenvalue weighted by Crippen LogP contribution is -2.36. The van der Waals surface area contributed by atoms with Crippen LogP contribution in [0.2, 0.25) is 0 Å². The zero-order valence-electron chi connectivity index (χ0n) is 8.85. The van der Waals surface area contributed by atoms with Gasteiger partial charge in [-0.1, -0.05) is 0 Å². The summed E-state index contributed by atoms with van der Waals surface area (Å²) < 4.78 is 5.25. The molecule has 5 heteroatoms. The van der Waals surface area contributed by atoms with Gasteiger partial charge >= 0.3 is 5.97 Å². The van der Waals surface area contributed by atoms with Gasteiger partial charge in [0.2, 0.25) is 0 Å². The Morgan fingerprint density at radius 2 is 2.06 bits per heavy atom. The van der Waals surface area contributed by atoms with E-state index in [1.165, 1.54) is 0 Å². The van der Waals surface area contributed by atoms with Crippen molar-refractivity contribution in [2.75, 3.05) is 36.9 Å². The summed E-state index contributed by atoms with van der Waals surface area (Å²) >= 11 is 0. The fraction of sp³-hybridized carbons (Fsp3) is 0.364. The molecule has 1 aromatic rings. The second kappa shape index (κ2) is 4.40. The number of hydrogen-bond acceptors (Lipinski definition) is 4. The summed E-state index contributed by atoms with van der Waals surface area (Å²) in [5.41, 5.74) is 7.09. The summed E-state index contributed by atoms with van der Waals surface area (Å²) in [4.78, 5) is 12.9. The van der Waals surface area contributed by atoms with Gasteiger partial charge in [-0.25, -0.2) is 4.79 Å². The van der Waals surface area contributed by atoms with E-state index in [0.717, 1.165) is 18.8 Å². The minimum atomic E-state index is -0.994. The third kappa shape index (κ3) is 2.09. The molecule has 0 bridgehead atoms. The van der Waals surface area contributed by atoms with Gasteiger partial charge in [0.15, 0.2) is 0 Å². The number of rotatable bonds is 2. The highest BCUT2D eigenvalue weighted by atomic mass is 16.5. The van der Waals surface area contributed by atoms with E-state index in [2.05, 4.69) is 4.90 Å². The topological polar surface area (TPSA) is 75.8 Å². The molecule has 0 saturated carbocycles. The standard InChI is InChI=1S/C11H14N2O3/c12-10-7-8(1-2-9(10)11(14)15)13-3-5-16-6-4-13/h1-2,7H,3-6,12H2,(H,14,15). The van der Waals surface area contributed by atoms with Crippen LogP contribution >= 0.6 is 0 Å². The summed E-state index contributed by atoms with van der Waals surface area (Å²) in [5, 5.41) is 8.85. The highest BCUT2D eigenvalue weighted by Gasteiger charge is 2.14. The molecule has 5 nitrogen and oxygen atoms in total. The van der Waals surface area contributed by atoms with E-state index in [1.807, 2.05) is 0 Å². The fourth-order valence-corrected chi connectivity index (χ4v) is 1.76. The van der Waals surface area contributed by atoms with E-state index < -0.39 is 5.97 Å². The SMILES string of the molecule is Nc1cc(N2CCOCC2)ccc1C(=O)O. The predicted molar refractivity (Wildman–Crippen MR) is 60.8 cm³/mol. The molecule has 1 heterocycles. The van der Waals surface area contributed by atoms with Crippen molar-refractivity contribution in [3.8, 4) is 0 Å². The highest BCUT2D eigenvalue weighted by Crippen LogP contribution is 2.22. The molecule has 2 rings (SSSR count). The van der Waals surface area contributed by atoms with Crippen molar-refractivity contribution in [3.05, 3.63) is 23.8 Å². The molecule has 0 unspecified atom stereocenters. The van der Waals surface area contributed by atoms with Crippen LogP contribution in [0.4, 0.5) is 11.4 Å². The Balaban J connectivity index is 2.23. The van der Waals surface area contributed by atoms with Crippen molar-refractivity contribution in [1.82, 2.24) is 0 Å². The first kappa shape index (κ1) is 10.8. The minimum Gasteiger partial charge on any atom is -0.478 e. The number of nitrogen functional groups attached to an aromatic ring is 1. The van der Waals surface area contributed by atoms with Crippen LogP contribution in [0.1, 0.15) is 10.4 Å². The molecule has 1 saturated heterocycles. The first-order valence-corrected chi connectivity index (χ1v) is 5.14. The van der Waals surface area contributed by atoms with Gasteiger partial charge in [0.1, 0.15) is 0 Å². The van der Waals surface area contributed by atoms with Gasteiger partial charge in [0.25, 0.3) is 0 Å². The van der Waals surface area contributed by atoms with Gasteiger partial charge < -0.3 is 20.5 Å². The summed E-state index contributed by atoms with van der Waals surface area (Å²) in [7, 11) is 0. The maximum Gasteiger partial charge on any atom is 0.337 e. The molecule has 3 N–H and O–H groups in total. The predicted octanol–water partition coefficient (Wildman–Crippen LogP) is 0.804. The molecule has 0 aliphatic carbocycles. The quantitative estimate of drug-likeness (QED) is 0.724. The summed E-state index contributed by atoms with van der Waals surface area (Å²) in [6, 6.07) is 5.03. The van der Waals surface area contributed by atoms with Crippen molar-refractivity contribution >= 4 is 17.3 Å². The van der Waals surface area contributed by atoms with Crippen LogP contribution in [-0.2, 0) is 4.74 Å². The molecule has 1 fully saturated rings.